The van der Waals surface area contributed by atoms with Crippen molar-refractivity contribution >= 4 is 62.3 Å². The normalized spacial score (nSPS) is 12.7. The second-order valence-corrected chi connectivity index (χ2v) is 12.4. The summed E-state index contributed by atoms with van der Waals surface area (Å²) in [6, 6.07) is 10.4. The van der Waals surface area contributed by atoms with Gasteiger partial charge in [0.1, 0.15) is 12.6 Å². The highest BCUT2D eigenvalue weighted by Crippen LogP contribution is 2.28. The molecule has 2 aromatic carbocycles. The van der Waals surface area contributed by atoms with Crippen LogP contribution in [-0.2, 0) is 26.2 Å². The number of nitrogens with one attached hydrogen (secondary N) is 1. The van der Waals surface area contributed by atoms with Crippen LogP contribution in [0, 0.1) is 0 Å². The topological polar surface area (TPSA) is 86.8 Å². The minimum Gasteiger partial charge on any atom is -0.350 e. The Morgan fingerprint density at radius 1 is 1.03 bits per heavy atom. The number of rotatable bonds is 9. The number of hydrogen-bond acceptors (Lipinski definition) is 4. The molecule has 0 spiro atoms. The van der Waals surface area contributed by atoms with Crippen molar-refractivity contribution in [3.05, 3.63) is 63.1 Å². The van der Waals surface area contributed by atoms with Crippen LogP contribution in [0.5, 0.6) is 0 Å². The van der Waals surface area contributed by atoms with Crippen LogP contribution in [0.25, 0.3) is 0 Å². The molecule has 11 heteroatoms. The van der Waals surface area contributed by atoms with Crippen molar-refractivity contribution in [3.63, 3.8) is 0 Å². The van der Waals surface area contributed by atoms with Crippen LogP contribution < -0.4 is 9.62 Å². The van der Waals surface area contributed by atoms with Crippen LogP contribution >= 0.6 is 34.8 Å². The van der Waals surface area contributed by atoms with Crippen LogP contribution in [-0.4, -0.2) is 49.5 Å². The molecule has 1 atom stereocenters. The van der Waals surface area contributed by atoms with Gasteiger partial charge in [0.15, 0.2) is 0 Å². The maximum atomic E-state index is 13.7. The zero-order chi connectivity index (χ0) is 26.6. The Morgan fingerprint density at radius 3 is 2.09 bits per heavy atom. The summed E-state index contributed by atoms with van der Waals surface area (Å²) in [7, 11) is -3.90. The molecule has 0 aliphatic heterocycles. The fourth-order valence-electron chi connectivity index (χ4n) is 3.48. The standard InChI is InChI=1S/C24H30Cl3N3O4S/c1-6-21(23(32)28-24(2,3)4)29(14-16-9-7-8-10-20(16)27)22(31)15-30(35(5,33)34)19-12-17(25)11-18(26)13-19/h7-13,21H,6,14-15H2,1-5H3,(H,28,32). The van der Waals surface area contributed by atoms with Crippen LogP contribution in [0.2, 0.25) is 15.1 Å². The van der Waals surface area contributed by atoms with E-state index in [0.29, 0.717) is 17.0 Å². The number of carbonyl (C=O) groups excluding carboxylic acids is 2. The highest BCUT2D eigenvalue weighted by Gasteiger charge is 2.33. The van der Waals surface area contributed by atoms with E-state index in [4.69, 9.17) is 34.8 Å². The third kappa shape index (κ3) is 8.56. The monoisotopic (exact) mass is 561 g/mol. The summed E-state index contributed by atoms with van der Waals surface area (Å²) in [5.41, 5.74) is 0.240. The lowest BCUT2D eigenvalue weighted by atomic mass is 10.1. The van der Waals surface area contributed by atoms with Crippen molar-refractivity contribution in [1.82, 2.24) is 10.2 Å². The molecule has 0 bridgehead atoms. The molecule has 2 amide bonds. The highest BCUT2D eigenvalue weighted by molar-refractivity contribution is 7.92. The predicted molar refractivity (Wildman–Crippen MR) is 143 cm³/mol. The molecule has 2 rings (SSSR count). The van der Waals surface area contributed by atoms with E-state index in [1.165, 1.54) is 23.1 Å². The zero-order valence-electron chi connectivity index (χ0n) is 20.3. The molecule has 35 heavy (non-hydrogen) atoms. The van der Waals surface area contributed by atoms with E-state index >= 15 is 0 Å². The molecular weight excluding hydrogens is 533 g/mol. The number of amides is 2. The molecule has 0 heterocycles. The summed E-state index contributed by atoms with van der Waals surface area (Å²) in [5, 5.41) is 3.77. The maximum Gasteiger partial charge on any atom is 0.244 e. The van der Waals surface area contributed by atoms with Gasteiger partial charge >= 0.3 is 0 Å². The molecular formula is C24H30Cl3N3O4S. The first-order chi connectivity index (χ1) is 16.1. The number of carbonyl (C=O) groups is 2. The summed E-state index contributed by atoms with van der Waals surface area (Å²) in [6.45, 7) is 6.76. The molecule has 7 nitrogen and oxygen atoms in total. The van der Waals surface area contributed by atoms with Gasteiger partial charge in [-0.2, -0.15) is 0 Å². The third-order valence-corrected chi connectivity index (χ3v) is 6.94. The van der Waals surface area contributed by atoms with Gasteiger partial charge in [-0.1, -0.05) is 59.9 Å². The van der Waals surface area contributed by atoms with Gasteiger partial charge in [0.25, 0.3) is 0 Å². The fraction of sp³-hybridized carbons (Fsp3) is 0.417. The first kappa shape index (κ1) is 29.2. The van der Waals surface area contributed by atoms with Crippen molar-refractivity contribution in [2.45, 2.75) is 52.2 Å². The minimum atomic E-state index is -3.90. The Bertz CT molecular complexity index is 1160. The molecule has 0 aliphatic rings. The van der Waals surface area contributed by atoms with Crippen LogP contribution in [0.3, 0.4) is 0 Å². The van der Waals surface area contributed by atoms with Crippen molar-refractivity contribution in [3.8, 4) is 0 Å². The van der Waals surface area contributed by atoms with Crippen molar-refractivity contribution in [1.29, 1.82) is 0 Å². The smallest absolute Gasteiger partial charge is 0.244 e. The van der Waals surface area contributed by atoms with Crippen LogP contribution in [0.15, 0.2) is 42.5 Å². The summed E-state index contributed by atoms with van der Waals surface area (Å²) in [6.07, 6.45) is 1.29. The van der Waals surface area contributed by atoms with E-state index in [-0.39, 0.29) is 28.2 Å². The Labute approximate surface area is 222 Å². The van der Waals surface area contributed by atoms with E-state index in [2.05, 4.69) is 5.32 Å². The Kier molecular flexibility index (Phi) is 9.87. The molecule has 1 N–H and O–H groups in total. The lowest BCUT2D eigenvalue weighted by Gasteiger charge is -2.34. The largest absolute Gasteiger partial charge is 0.350 e. The van der Waals surface area contributed by atoms with Crippen molar-refractivity contribution in [2.75, 3.05) is 17.1 Å². The average molecular weight is 563 g/mol. The van der Waals surface area contributed by atoms with Gasteiger partial charge in [0.2, 0.25) is 21.8 Å². The lowest BCUT2D eigenvalue weighted by Crippen LogP contribution is -2.55. The van der Waals surface area contributed by atoms with Crippen molar-refractivity contribution in [2.24, 2.45) is 0 Å². The van der Waals surface area contributed by atoms with Crippen LogP contribution in [0.4, 0.5) is 5.69 Å². The summed E-state index contributed by atoms with van der Waals surface area (Å²) < 4.78 is 26.2. The quantitative estimate of drug-likeness (QED) is 0.459. The minimum absolute atomic E-state index is 0.0163. The van der Waals surface area contributed by atoms with Gasteiger partial charge in [0.05, 0.1) is 11.9 Å². The van der Waals surface area contributed by atoms with Gasteiger partial charge in [0, 0.05) is 27.2 Å². The van der Waals surface area contributed by atoms with E-state index in [0.717, 1.165) is 10.6 Å². The van der Waals surface area contributed by atoms with Gasteiger partial charge in [-0.25, -0.2) is 8.42 Å². The number of sulfonamides is 1. The Balaban J connectivity index is 2.51. The van der Waals surface area contributed by atoms with Gasteiger partial charge in [-0.05, 0) is 57.0 Å². The molecule has 2 aromatic rings. The van der Waals surface area contributed by atoms with Gasteiger partial charge in [-0.15, -0.1) is 0 Å². The number of nitrogens with zero attached hydrogens (tertiary/aromatic N) is 2. The first-order valence-electron chi connectivity index (χ1n) is 10.9. The number of anilines is 1. The number of halogens is 3. The van der Waals surface area contributed by atoms with Crippen molar-refractivity contribution < 1.29 is 18.0 Å². The Morgan fingerprint density at radius 2 is 1.60 bits per heavy atom. The zero-order valence-corrected chi connectivity index (χ0v) is 23.4. The average Bonchev–Trinajstić information content (AvgIpc) is 2.70. The molecule has 192 valence electrons. The van der Waals surface area contributed by atoms with E-state index in [1.807, 2.05) is 20.8 Å². The predicted octanol–water partition coefficient (Wildman–Crippen LogP) is 5.13. The van der Waals surface area contributed by atoms with E-state index in [1.54, 1.807) is 31.2 Å². The molecule has 0 aromatic heterocycles. The Hall–Kier alpha value is -2.00. The second-order valence-electron chi connectivity index (χ2n) is 9.17. The van der Waals surface area contributed by atoms with E-state index in [9.17, 15) is 18.0 Å². The molecule has 0 fully saturated rings. The SMILES string of the molecule is CCC(C(=O)NC(C)(C)C)N(Cc1ccccc1Cl)C(=O)CN(c1cc(Cl)cc(Cl)c1)S(C)(=O)=O. The summed E-state index contributed by atoms with van der Waals surface area (Å²) in [5.74, 6) is -0.931. The first-order valence-corrected chi connectivity index (χ1v) is 13.9. The maximum absolute atomic E-state index is 13.7. The molecule has 0 radical (unpaired) electrons. The lowest BCUT2D eigenvalue weighted by molar-refractivity contribution is -0.141. The molecule has 0 saturated carbocycles. The fourth-order valence-corrected chi connectivity index (χ4v) is 5.02. The summed E-state index contributed by atoms with van der Waals surface area (Å²) in [4.78, 5) is 28.2. The van der Waals surface area contributed by atoms with Crippen LogP contribution in [0.1, 0.15) is 39.7 Å². The second kappa shape index (κ2) is 11.8. The molecule has 1 unspecified atom stereocenters. The van der Waals surface area contributed by atoms with Gasteiger partial charge < -0.3 is 10.2 Å². The summed E-state index contributed by atoms with van der Waals surface area (Å²) >= 11 is 18.5. The third-order valence-electron chi connectivity index (χ3n) is 5.00. The number of hydrogen-bond donors (Lipinski definition) is 1. The molecule has 0 aliphatic carbocycles. The van der Waals surface area contributed by atoms with E-state index < -0.39 is 34.1 Å². The molecule has 0 saturated heterocycles. The number of benzene rings is 2. The highest BCUT2D eigenvalue weighted by atomic mass is 35.5. The van der Waals surface area contributed by atoms with Gasteiger partial charge in [-0.3, -0.25) is 13.9 Å².